The summed E-state index contributed by atoms with van der Waals surface area (Å²) in [6.07, 6.45) is 2.01. The van der Waals surface area contributed by atoms with Crippen molar-refractivity contribution in [3.63, 3.8) is 0 Å². The van der Waals surface area contributed by atoms with Gasteiger partial charge in [-0.25, -0.2) is 0 Å². The molecule has 144 valence electrons. The minimum absolute atomic E-state index is 0.0540. The lowest BCUT2D eigenvalue weighted by Gasteiger charge is -2.34. The molecule has 0 aliphatic carbocycles. The Kier molecular flexibility index (Phi) is 7.87. The summed E-state index contributed by atoms with van der Waals surface area (Å²) in [5.74, 6) is -1.31. The number of nitrogens with zero attached hydrogens (tertiary/aromatic N) is 1. The van der Waals surface area contributed by atoms with Crippen molar-refractivity contribution in [3.8, 4) is 0 Å². The number of methoxy groups -OCH3 is 1. The summed E-state index contributed by atoms with van der Waals surface area (Å²) in [5, 5.41) is 12.9. The van der Waals surface area contributed by atoms with E-state index in [9.17, 15) is 9.59 Å². The van der Waals surface area contributed by atoms with Crippen LogP contribution in [0.5, 0.6) is 0 Å². The number of rotatable bonds is 8. The Morgan fingerprint density at radius 1 is 1.38 bits per heavy atom. The molecule has 1 saturated heterocycles. The Morgan fingerprint density at radius 2 is 2.08 bits per heavy atom. The number of carbonyl (C=O) groups is 2. The number of hydrogen-bond acceptors (Lipinski definition) is 5. The summed E-state index contributed by atoms with van der Waals surface area (Å²) in [5.41, 5.74) is 2.33. The van der Waals surface area contributed by atoms with Crippen molar-refractivity contribution in [1.82, 2.24) is 10.2 Å². The number of ether oxygens (including phenoxy) is 1. The van der Waals surface area contributed by atoms with Crippen LogP contribution in [0.25, 0.3) is 0 Å². The number of piperidine rings is 1. The molecule has 2 N–H and O–H groups in total. The number of halogens is 1. The second-order valence-electron chi connectivity index (χ2n) is 6.81. The first-order valence-corrected chi connectivity index (χ1v) is 9.30. The van der Waals surface area contributed by atoms with E-state index in [-0.39, 0.29) is 18.9 Å². The third-order valence-corrected chi connectivity index (χ3v) is 5.21. The lowest BCUT2D eigenvalue weighted by atomic mass is 10.0. The van der Waals surface area contributed by atoms with E-state index in [0.29, 0.717) is 0 Å². The molecule has 1 aliphatic rings. The Bertz CT molecular complexity index is 630. The van der Waals surface area contributed by atoms with Gasteiger partial charge in [-0.15, -0.1) is 0 Å². The molecular formula is C19H27ClN2O4. The highest BCUT2D eigenvalue weighted by Crippen LogP contribution is 2.19. The van der Waals surface area contributed by atoms with E-state index in [2.05, 4.69) is 22.3 Å². The Morgan fingerprint density at radius 3 is 2.65 bits per heavy atom. The van der Waals surface area contributed by atoms with Crippen molar-refractivity contribution in [2.45, 2.75) is 51.2 Å². The molecule has 0 spiro atoms. The largest absolute Gasteiger partial charge is 0.481 e. The van der Waals surface area contributed by atoms with E-state index in [4.69, 9.17) is 21.4 Å². The molecule has 6 nitrogen and oxygen atoms in total. The highest BCUT2D eigenvalue weighted by atomic mass is 35.5. The van der Waals surface area contributed by atoms with Gasteiger partial charge in [-0.3, -0.25) is 14.5 Å². The zero-order chi connectivity index (χ0) is 19.1. The lowest BCUT2D eigenvalue weighted by Crippen LogP contribution is -2.49. The van der Waals surface area contributed by atoms with Crippen LogP contribution in [0, 0.1) is 6.92 Å². The molecule has 0 aromatic heterocycles. The summed E-state index contributed by atoms with van der Waals surface area (Å²) in [7, 11) is 1.33. The van der Waals surface area contributed by atoms with Gasteiger partial charge in [0.15, 0.2) is 0 Å². The monoisotopic (exact) mass is 382 g/mol. The third kappa shape index (κ3) is 6.27. The first kappa shape index (κ1) is 20.7. The number of benzene rings is 1. The molecule has 1 fully saturated rings. The minimum Gasteiger partial charge on any atom is -0.481 e. The highest BCUT2D eigenvalue weighted by molar-refractivity contribution is 6.31. The topological polar surface area (TPSA) is 78.9 Å². The number of carboxylic acids is 1. The molecule has 0 bridgehead atoms. The average molecular weight is 383 g/mol. The van der Waals surface area contributed by atoms with Crippen LogP contribution in [0.15, 0.2) is 18.2 Å². The lowest BCUT2D eigenvalue weighted by molar-refractivity contribution is -0.144. The summed E-state index contributed by atoms with van der Waals surface area (Å²) in [6.45, 7) is 4.73. The molecule has 1 aliphatic heterocycles. The van der Waals surface area contributed by atoms with Crippen LogP contribution in [0.2, 0.25) is 5.02 Å². The van der Waals surface area contributed by atoms with Gasteiger partial charge in [-0.05, 0) is 56.5 Å². The zero-order valence-corrected chi connectivity index (χ0v) is 16.1. The van der Waals surface area contributed by atoms with Crippen molar-refractivity contribution in [3.05, 3.63) is 34.3 Å². The van der Waals surface area contributed by atoms with E-state index in [1.54, 1.807) is 0 Å². The molecule has 1 aromatic carbocycles. The van der Waals surface area contributed by atoms with Crippen LogP contribution in [0.3, 0.4) is 0 Å². The maximum Gasteiger partial charge on any atom is 0.322 e. The van der Waals surface area contributed by atoms with Crippen molar-refractivity contribution in [2.75, 3.05) is 20.2 Å². The van der Waals surface area contributed by atoms with Gasteiger partial charge in [-0.1, -0.05) is 23.7 Å². The predicted molar refractivity (Wildman–Crippen MR) is 100 cm³/mol. The van der Waals surface area contributed by atoms with Gasteiger partial charge in [0.2, 0.25) is 0 Å². The molecule has 1 aromatic rings. The summed E-state index contributed by atoms with van der Waals surface area (Å²) in [4.78, 5) is 25.0. The number of carbonyl (C=O) groups excluding carboxylic acids is 1. The van der Waals surface area contributed by atoms with Crippen molar-refractivity contribution in [2.24, 2.45) is 0 Å². The van der Waals surface area contributed by atoms with E-state index in [1.165, 1.54) is 12.7 Å². The first-order chi connectivity index (χ1) is 12.4. The van der Waals surface area contributed by atoms with Crippen molar-refractivity contribution in [1.29, 1.82) is 0 Å². The normalized spacial score (nSPS) is 17.0. The number of aryl methyl sites for hydroxylation is 1. The maximum atomic E-state index is 11.9. The van der Waals surface area contributed by atoms with Gasteiger partial charge < -0.3 is 15.2 Å². The van der Waals surface area contributed by atoms with Gasteiger partial charge in [-0.2, -0.15) is 0 Å². The number of aliphatic carboxylic acids is 1. The van der Waals surface area contributed by atoms with E-state index < -0.39 is 18.0 Å². The average Bonchev–Trinajstić information content (AvgIpc) is 2.62. The van der Waals surface area contributed by atoms with Gasteiger partial charge in [0.05, 0.1) is 7.11 Å². The molecule has 2 rings (SSSR count). The van der Waals surface area contributed by atoms with Crippen LogP contribution in [0.1, 0.15) is 36.8 Å². The quantitative estimate of drug-likeness (QED) is 0.673. The molecule has 0 saturated carbocycles. The van der Waals surface area contributed by atoms with Crippen LogP contribution in [-0.2, 0) is 20.9 Å². The zero-order valence-electron chi connectivity index (χ0n) is 15.3. The summed E-state index contributed by atoms with van der Waals surface area (Å²) >= 11 is 6.08. The van der Waals surface area contributed by atoms with E-state index in [0.717, 1.165) is 43.1 Å². The smallest absolute Gasteiger partial charge is 0.322 e. The maximum absolute atomic E-state index is 11.9. The second-order valence-corrected chi connectivity index (χ2v) is 7.22. The molecule has 1 heterocycles. The predicted octanol–water partition coefficient (Wildman–Crippen LogP) is 2.61. The van der Waals surface area contributed by atoms with Crippen LogP contribution >= 0.6 is 11.6 Å². The molecule has 0 amide bonds. The number of esters is 1. The third-order valence-electron chi connectivity index (χ3n) is 4.79. The van der Waals surface area contributed by atoms with Gasteiger partial charge in [0.25, 0.3) is 0 Å². The molecular weight excluding hydrogens is 356 g/mol. The molecule has 0 unspecified atom stereocenters. The van der Waals surface area contributed by atoms with Crippen molar-refractivity contribution >= 4 is 23.5 Å². The molecule has 0 radical (unpaired) electrons. The molecule has 7 heteroatoms. The van der Waals surface area contributed by atoms with Crippen LogP contribution in [0.4, 0.5) is 0 Å². The number of carboxylic acid groups (broad SMARTS) is 1. The standard InChI is InChI=1S/C19H27ClN2O4/c1-13-11-14(3-4-16(13)20)12-22-9-7-15(8-10-22)21-17(19(25)26-2)5-6-18(23)24/h3-4,11,15,17,21H,5-10,12H2,1-2H3,(H,23,24)/t17-/m1/s1. The number of hydrogen-bond donors (Lipinski definition) is 2. The van der Waals surface area contributed by atoms with Crippen LogP contribution in [-0.4, -0.2) is 54.2 Å². The molecule has 1 atom stereocenters. The van der Waals surface area contributed by atoms with Gasteiger partial charge >= 0.3 is 11.9 Å². The van der Waals surface area contributed by atoms with Gasteiger partial charge in [0, 0.05) is 24.0 Å². The second kappa shape index (κ2) is 9.90. The van der Waals surface area contributed by atoms with Gasteiger partial charge in [0.1, 0.15) is 6.04 Å². The Balaban J connectivity index is 1.83. The fourth-order valence-electron chi connectivity index (χ4n) is 3.28. The van der Waals surface area contributed by atoms with E-state index in [1.807, 2.05) is 13.0 Å². The summed E-state index contributed by atoms with van der Waals surface area (Å²) < 4.78 is 4.79. The number of likely N-dealkylation sites (tertiary alicyclic amines) is 1. The van der Waals surface area contributed by atoms with Crippen molar-refractivity contribution < 1.29 is 19.4 Å². The van der Waals surface area contributed by atoms with Crippen LogP contribution < -0.4 is 5.32 Å². The Labute approximate surface area is 159 Å². The fourth-order valence-corrected chi connectivity index (χ4v) is 3.40. The summed E-state index contributed by atoms with van der Waals surface area (Å²) in [6, 6.07) is 5.73. The molecule has 26 heavy (non-hydrogen) atoms. The van der Waals surface area contributed by atoms with E-state index >= 15 is 0 Å². The Hall–Kier alpha value is -1.63. The minimum atomic E-state index is -0.909. The number of nitrogens with one attached hydrogen (secondary N) is 1. The fraction of sp³-hybridized carbons (Fsp3) is 0.579. The highest BCUT2D eigenvalue weighted by Gasteiger charge is 2.26. The SMILES string of the molecule is COC(=O)[C@@H](CCC(=O)O)NC1CCN(Cc2ccc(Cl)c(C)c2)CC1. The first-order valence-electron chi connectivity index (χ1n) is 8.92.